The fourth-order valence-corrected chi connectivity index (χ4v) is 3.61. The van der Waals surface area contributed by atoms with Crippen molar-refractivity contribution < 1.29 is 29.0 Å². The van der Waals surface area contributed by atoms with Crippen LogP contribution >= 0.6 is 23.2 Å². The van der Waals surface area contributed by atoms with Gasteiger partial charge in [0.05, 0.1) is 23.3 Å². The van der Waals surface area contributed by atoms with Crippen molar-refractivity contribution in [3.8, 4) is 11.8 Å². The number of aromatic carboxylic acids is 1. The largest absolute Gasteiger partial charge is 0.487 e. The molecular weight excluding hydrogens is 507 g/mol. The van der Waals surface area contributed by atoms with Gasteiger partial charge in [0.15, 0.2) is 0 Å². The molecule has 3 aromatic rings. The minimum absolute atomic E-state index is 0.0444. The van der Waals surface area contributed by atoms with E-state index in [1.165, 1.54) is 61.7 Å². The number of hydrogen-bond donors (Lipinski definition) is 2. The standard InChI is InChI=1S/C26H18Cl2N2O6/c1-35-26(34)17-6-8-21(9-7-17)30-24(31)19(13-29)10-18-11-20(27)12-22(28)23(18)36-14-15-2-4-16(5-3-15)25(32)33/h2-12H,14H2,1H3,(H,30,31)(H,32,33)/b19-10+. The Morgan fingerprint density at radius 3 is 2.25 bits per heavy atom. The molecule has 0 aliphatic heterocycles. The van der Waals surface area contributed by atoms with Crippen molar-refractivity contribution in [2.75, 3.05) is 12.4 Å². The molecule has 8 nitrogen and oxygen atoms in total. The van der Waals surface area contributed by atoms with Crippen LogP contribution in [0.3, 0.4) is 0 Å². The lowest BCUT2D eigenvalue weighted by molar-refractivity contribution is -0.112. The molecule has 0 heterocycles. The summed E-state index contributed by atoms with van der Waals surface area (Å²) < 4.78 is 10.5. The van der Waals surface area contributed by atoms with Crippen molar-refractivity contribution in [1.82, 2.24) is 0 Å². The number of nitriles is 1. The predicted molar refractivity (Wildman–Crippen MR) is 134 cm³/mol. The maximum absolute atomic E-state index is 12.7. The van der Waals surface area contributed by atoms with Gasteiger partial charge < -0.3 is 19.9 Å². The minimum Gasteiger partial charge on any atom is -0.487 e. The van der Waals surface area contributed by atoms with Gasteiger partial charge in [0.2, 0.25) is 0 Å². The topological polar surface area (TPSA) is 126 Å². The summed E-state index contributed by atoms with van der Waals surface area (Å²) in [5.41, 5.74) is 1.52. The van der Waals surface area contributed by atoms with E-state index in [1.807, 2.05) is 6.07 Å². The fourth-order valence-electron chi connectivity index (χ4n) is 3.05. The second kappa shape index (κ2) is 11.9. The molecule has 0 fully saturated rings. The first kappa shape index (κ1) is 26.3. The van der Waals surface area contributed by atoms with E-state index in [0.717, 1.165) is 0 Å². The Morgan fingerprint density at radius 1 is 1.03 bits per heavy atom. The highest BCUT2D eigenvalue weighted by atomic mass is 35.5. The summed E-state index contributed by atoms with van der Waals surface area (Å²) >= 11 is 12.4. The average Bonchev–Trinajstić information content (AvgIpc) is 2.86. The number of carbonyl (C=O) groups is 3. The molecule has 3 aromatic carbocycles. The van der Waals surface area contributed by atoms with E-state index in [2.05, 4.69) is 10.1 Å². The van der Waals surface area contributed by atoms with Crippen molar-refractivity contribution in [3.05, 3.63) is 98.5 Å². The average molecular weight is 525 g/mol. The third-order valence-electron chi connectivity index (χ3n) is 4.85. The van der Waals surface area contributed by atoms with Crippen molar-refractivity contribution >= 4 is 52.8 Å². The van der Waals surface area contributed by atoms with E-state index in [0.29, 0.717) is 22.4 Å². The van der Waals surface area contributed by atoms with Gasteiger partial charge in [-0.1, -0.05) is 35.3 Å². The molecule has 0 aliphatic carbocycles. The van der Waals surface area contributed by atoms with Gasteiger partial charge in [0.1, 0.15) is 24.0 Å². The van der Waals surface area contributed by atoms with E-state index < -0.39 is 17.8 Å². The Kier molecular flexibility index (Phi) is 8.68. The van der Waals surface area contributed by atoms with Crippen LogP contribution in [0, 0.1) is 11.3 Å². The van der Waals surface area contributed by atoms with E-state index >= 15 is 0 Å². The molecule has 0 saturated carbocycles. The Bertz CT molecular complexity index is 1380. The summed E-state index contributed by atoms with van der Waals surface area (Å²) in [6, 6.07) is 16.8. The van der Waals surface area contributed by atoms with Crippen LogP contribution in [0.5, 0.6) is 5.75 Å². The van der Waals surface area contributed by atoms with Gasteiger partial charge in [-0.05, 0) is 60.2 Å². The van der Waals surface area contributed by atoms with Crippen molar-refractivity contribution in [3.63, 3.8) is 0 Å². The molecular formula is C26H18Cl2N2O6. The summed E-state index contributed by atoms with van der Waals surface area (Å²) in [5.74, 6) is -2.08. The van der Waals surface area contributed by atoms with E-state index in [-0.39, 0.29) is 33.5 Å². The molecule has 3 rings (SSSR count). The molecule has 0 radical (unpaired) electrons. The van der Waals surface area contributed by atoms with E-state index in [1.54, 1.807) is 12.1 Å². The van der Waals surface area contributed by atoms with Crippen molar-refractivity contribution in [2.45, 2.75) is 6.61 Å². The van der Waals surface area contributed by atoms with Gasteiger partial charge in [-0.3, -0.25) is 4.79 Å². The number of anilines is 1. The van der Waals surface area contributed by atoms with Crippen LogP contribution in [0.25, 0.3) is 6.08 Å². The summed E-state index contributed by atoms with van der Waals surface area (Å²) in [6.45, 7) is 0.0444. The van der Waals surface area contributed by atoms with Crippen LogP contribution in [0.1, 0.15) is 31.8 Å². The van der Waals surface area contributed by atoms with Crippen LogP contribution in [0.4, 0.5) is 5.69 Å². The van der Waals surface area contributed by atoms with Crippen LogP contribution in [-0.4, -0.2) is 30.1 Å². The molecule has 0 aromatic heterocycles. The number of methoxy groups -OCH3 is 1. The quantitative estimate of drug-likeness (QED) is 0.223. The molecule has 0 atom stereocenters. The summed E-state index contributed by atoms with van der Waals surface area (Å²) in [5, 5.41) is 21.6. The number of ether oxygens (including phenoxy) is 2. The number of benzene rings is 3. The molecule has 0 bridgehead atoms. The van der Waals surface area contributed by atoms with Gasteiger partial charge in [-0.25, -0.2) is 9.59 Å². The number of carboxylic acid groups (broad SMARTS) is 1. The third-order valence-corrected chi connectivity index (χ3v) is 5.35. The van der Waals surface area contributed by atoms with Crippen LogP contribution in [0.2, 0.25) is 10.0 Å². The maximum Gasteiger partial charge on any atom is 0.337 e. The lowest BCUT2D eigenvalue weighted by Gasteiger charge is -2.13. The van der Waals surface area contributed by atoms with Gasteiger partial charge in [-0.15, -0.1) is 0 Å². The zero-order chi connectivity index (χ0) is 26.2. The molecule has 0 saturated heterocycles. The Hall–Kier alpha value is -4.32. The highest BCUT2D eigenvalue weighted by Gasteiger charge is 2.15. The normalized spacial score (nSPS) is 10.8. The molecule has 182 valence electrons. The SMILES string of the molecule is COC(=O)c1ccc(NC(=O)/C(C#N)=C/c2cc(Cl)cc(Cl)c2OCc2ccc(C(=O)O)cc2)cc1. The lowest BCUT2D eigenvalue weighted by Crippen LogP contribution is -2.13. The van der Waals surface area contributed by atoms with Crippen LogP contribution in [-0.2, 0) is 16.1 Å². The fraction of sp³-hybridized carbons (Fsp3) is 0.0769. The minimum atomic E-state index is -1.04. The van der Waals surface area contributed by atoms with Crippen molar-refractivity contribution in [2.24, 2.45) is 0 Å². The monoisotopic (exact) mass is 524 g/mol. The number of nitrogens with zero attached hydrogens (tertiary/aromatic N) is 1. The second-order valence-corrected chi connectivity index (χ2v) is 8.13. The smallest absolute Gasteiger partial charge is 0.337 e. The summed E-state index contributed by atoms with van der Waals surface area (Å²) in [4.78, 5) is 35.3. The number of halogens is 2. The molecule has 10 heteroatoms. The molecule has 1 amide bonds. The summed E-state index contributed by atoms with van der Waals surface area (Å²) in [6.07, 6.45) is 1.29. The number of nitrogens with one attached hydrogen (secondary N) is 1. The van der Waals surface area contributed by atoms with Crippen LogP contribution in [0.15, 0.2) is 66.2 Å². The third kappa shape index (κ3) is 6.63. The van der Waals surface area contributed by atoms with Crippen LogP contribution < -0.4 is 10.1 Å². The predicted octanol–water partition coefficient (Wildman–Crippen LogP) is 5.60. The number of hydrogen-bond acceptors (Lipinski definition) is 6. The number of amides is 1. The molecule has 0 aliphatic rings. The van der Waals surface area contributed by atoms with E-state index in [9.17, 15) is 19.6 Å². The number of carboxylic acids is 1. The second-order valence-electron chi connectivity index (χ2n) is 7.29. The summed E-state index contributed by atoms with van der Waals surface area (Å²) in [7, 11) is 1.26. The van der Waals surface area contributed by atoms with Crippen molar-refractivity contribution in [1.29, 1.82) is 5.26 Å². The highest BCUT2D eigenvalue weighted by molar-refractivity contribution is 6.36. The van der Waals surface area contributed by atoms with Gasteiger partial charge >= 0.3 is 11.9 Å². The number of carbonyl (C=O) groups excluding carboxylic acids is 2. The van der Waals surface area contributed by atoms with Gasteiger partial charge in [0.25, 0.3) is 5.91 Å². The number of esters is 1. The number of rotatable bonds is 8. The Labute approximate surface area is 216 Å². The maximum atomic E-state index is 12.7. The molecule has 36 heavy (non-hydrogen) atoms. The lowest BCUT2D eigenvalue weighted by atomic mass is 10.1. The zero-order valence-corrected chi connectivity index (χ0v) is 20.3. The highest BCUT2D eigenvalue weighted by Crippen LogP contribution is 2.34. The first-order chi connectivity index (χ1) is 17.2. The van der Waals surface area contributed by atoms with E-state index in [4.69, 9.17) is 33.0 Å². The van der Waals surface area contributed by atoms with Gasteiger partial charge in [-0.2, -0.15) is 5.26 Å². The Balaban J connectivity index is 1.83. The zero-order valence-electron chi connectivity index (χ0n) is 18.7. The first-order valence-electron chi connectivity index (χ1n) is 10.3. The first-order valence-corrected chi connectivity index (χ1v) is 11.0. The Morgan fingerprint density at radius 2 is 1.67 bits per heavy atom. The molecule has 2 N–H and O–H groups in total. The molecule has 0 unspecified atom stereocenters. The molecule has 0 spiro atoms. The van der Waals surface area contributed by atoms with Gasteiger partial charge in [0, 0.05) is 16.3 Å².